The van der Waals surface area contributed by atoms with Crippen LogP contribution in [0, 0.1) is 0 Å². The molecule has 0 unspecified atom stereocenters. The lowest BCUT2D eigenvalue weighted by atomic mass is 10.2. The van der Waals surface area contributed by atoms with Crippen LogP contribution < -0.4 is 15.6 Å². The van der Waals surface area contributed by atoms with Crippen LogP contribution in [0.15, 0.2) is 53.6 Å². The summed E-state index contributed by atoms with van der Waals surface area (Å²) >= 11 is 5.76. The molecule has 0 radical (unpaired) electrons. The van der Waals surface area contributed by atoms with Crippen molar-refractivity contribution in [3.8, 4) is 0 Å². The highest BCUT2D eigenvalue weighted by Gasteiger charge is 2.07. The van der Waals surface area contributed by atoms with Gasteiger partial charge in [-0.25, -0.2) is 5.43 Å². The van der Waals surface area contributed by atoms with Gasteiger partial charge in [-0.15, -0.1) is 0 Å². The summed E-state index contributed by atoms with van der Waals surface area (Å²) in [5.74, 6) is -0.765. The number of nitrogens with zero attached hydrogens (tertiary/aromatic N) is 2. The summed E-state index contributed by atoms with van der Waals surface area (Å²) in [6, 6.07) is 14.1. The van der Waals surface area contributed by atoms with Crippen LogP contribution in [0.3, 0.4) is 0 Å². The van der Waals surface area contributed by atoms with Gasteiger partial charge in [-0.3, -0.25) is 9.59 Å². The van der Waals surface area contributed by atoms with E-state index < -0.39 is 5.91 Å². The summed E-state index contributed by atoms with van der Waals surface area (Å²) in [7, 11) is 3.92. The Morgan fingerprint density at radius 3 is 2.32 bits per heavy atom. The summed E-state index contributed by atoms with van der Waals surface area (Å²) in [5.41, 5.74) is 4.73. The molecule has 6 nitrogen and oxygen atoms in total. The van der Waals surface area contributed by atoms with Crippen LogP contribution in [-0.2, 0) is 4.79 Å². The van der Waals surface area contributed by atoms with E-state index in [2.05, 4.69) is 15.8 Å². The Labute approximate surface area is 151 Å². The monoisotopic (exact) mass is 358 g/mol. The Bertz CT molecular complexity index is 756. The Hall–Kier alpha value is -2.86. The standard InChI is InChI=1S/C18H19ClN4O2/c1-23(2)16-9-3-13(4-10-16)11-21-22-17(24)12-20-18(25)14-5-7-15(19)8-6-14/h3-11H,12H2,1-2H3,(H,20,25)(H,22,24). The molecule has 0 atom stereocenters. The number of hydrazone groups is 1. The van der Waals surface area contributed by atoms with Crippen LogP contribution in [0.4, 0.5) is 5.69 Å². The first-order valence-corrected chi connectivity index (χ1v) is 7.96. The van der Waals surface area contributed by atoms with Crippen molar-refractivity contribution >= 4 is 35.3 Å². The van der Waals surface area contributed by atoms with Crippen LogP contribution in [0.2, 0.25) is 5.02 Å². The number of halogens is 1. The second-order valence-electron chi connectivity index (χ2n) is 5.47. The quantitative estimate of drug-likeness (QED) is 0.614. The molecule has 2 aromatic rings. The number of hydrogen-bond acceptors (Lipinski definition) is 4. The maximum absolute atomic E-state index is 11.9. The second-order valence-corrected chi connectivity index (χ2v) is 5.91. The molecular weight excluding hydrogens is 340 g/mol. The highest BCUT2D eigenvalue weighted by Crippen LogP contribution is 2.11. The molecule has 0 aliphatic heterocycles. The van der Waals surface area contributed by atoms with Gasteiger partial charge in [0.2, 0.25) is 0 Å². The highest BCUT2D eigenvalue weighted by atomic mass is 35.5. The van der Waals surface area contributed by atoms with Crippen LogP contribution >= 0.6 is 11.6 Å². The molecule has 2 rings (SSSR count). The fourth-order valence-electron chi connectivity index (χ4n) is 1.94. The molecular formula is C18H19ClN4O2. The summed E-state index contributed by atoms with van der Waals surface area (Å²) < 4.78 is 0. The number of carbonyl (C=O) groups excluding carboxylic acids is 2. The van der Waals surface area contributed by atoms with Crippen molar-refractivity contribution in [1.29, 1.82) is 0 Å². The minimum atomic E-state index is -0.413. The van der Waals surface area contributed by atoms with E-state index in [1.165, 1.54) is 0 Å². The lowest BCUT2D eigenvalue weighted by molar-refractivity contribution is -0.120. The zero-order chi connectivity index (χ0) is 18.2. The van der Waals surface area contributed by atoms with Gasteiger partial charge in [-0.1, -0.05) is 23.7 Å². The summed E-state index contributed by atoms with van der Waals surface area (Å²) in [4.78, 5) is 25.6. The highest BCUT2D eigenvalue weighted by molar-refractivity contribution is 6.30. The van der Waals surface area contributed by atoms with Gasteiger partial charge in [0.25, 0.3) is 11.8 Å². The number of amides is 2. The third-order valence-corrected chi connectivity index (χ3v) is 3.58. The SMILES string of the molecule is CN(C)c1ccc(C=NNC(=O)CNC(=O)c2ccc(Cl)cc2)cc1. The predicted molar refractivity (Wildman–Crippen MR) is 100 cm³/mol. The number of nitrogens with one attached hydrogen (secondary N) is 2. The van der Waals surface area contributed by atoms with Crippen molar-refractivity contribution in [2.45, 2.75) is 0 Å². The van der Waals surface area contributed by atoms with Crippen molar-refractivity contribution in [1.82, 2.24) is 10.7 Å². The van der Waals surface area contributed by atoms with Crippen molar-refractivity contribution in [3.05, 3.63) is 64.7 Å². The van der Waals surface area contributed by atoms with Crippen LogP contribution in [0.5, 0.6) is 0 Å². The fraction of sp³-hybridized carbons (Fsp3) is 0.167. The molecule has 0 spiro atoms. The molecule has 0 bridgehead atoms. The number of carbonyl (C=O) groups is 2. The lowest BCUT2D eigenvalue weighted by Crippen LogP contribution is -2.34. The molecule has 0 aliphatic rings. The number of anilines is 1. The molecule has 25 heavy (non-hydrogen) atoms. The van der Waals surface area contributed by atoms with Crippen molar-refractivity contribution < 1.29 is 9.59 Å². The Morgan fingerprint density at radius 1 is 1.08 bits per heavy atom. The van der Waals surface area contributed by atoms with Gasteiger partial charge in [0.15, 0.2) is 0 Å². The van der Waals surface area contributed by atoms with Gasteiger partial charge >= 0.3 is 0 Å². The average Bonchev–Trinajstić information content (AvgIpc) is 2.60. The van der Waals surface area contributed by atoms with Gasteiger partial charge in [-0.2, -0.15) is 5.10 Å². The predicted octanol–water partition coefficient (Wildman–Crippen LogP) is 2.29. The largest absolute Gasteiger partial charge is 0.378 e. The average molecular weight is 359 g/mol. The summed E-state index contributed by atoms with van der Waals surface area (Å²) in [6.45, 7) is -0.168. The molecule has 7 heteroatoms. The number of benzene rings is 2. The van der Waals surface area contributed by atoms with Gasteiger partial charge in [0, 0.05) is 30.4 Å². The van der Waals surface area contributed by atoms with Crippen molar-refractivity contribution in [2.75, 3.05) is 25.5 Å². The maximum atomic E-state index is 11.9. The zero-order valence-electron chi connectivity index (χ0n) is 14.0. The number of hydrogen-bond donors (Lipinski definition) is 2. The van der Waals surface area contributed by atoms with Gasteiger partial charge < -0.3 is 10.2 Å². The summed E-state index contributed by atoms with van der Waals surface area (Å²) in [5, 5.41) is 6.93. The first-order chi connectivity index (χ1) is 12.0. The van der Waals surface area contributed by atoms with E-state index in [0.717, 1.165) is 11.3 Å². The molecule has 2 amide bonds. The van der Waals surface area contributed by atoms with E-state index in [0.29, 0.717) is 10.6 Å². The van der Waals surface area contributed by atoms with Crippen LogP contribution in [0.1, 0.15) is 15.9 Å². The molecule has 0 saturated heterocycles. The van der Waals surface area contributed by atoms with E-state index in [-0.39, 0.29) is 12.5 Å². The molecule has 0 heterocycles. The van der Waals surface area contributed by atoms with Crippen LogP contribution in [0.25, 0.3) is 0 Å². The van der Waals surface area contributed by atoms with Crippen molar-refractivity contribution in [3.63, 3.8) is 0 Å². The van der Waals surface area contributed by atoms with E-state index in [1.54, 1.807) is 30.5 Å². The lowest BCUT2D eigenvalue weighted by Gasteiger charge is -2.11. The Balaban J connectivity index is 1.78. The molecule has 0 aromatic heterocycles. The molecule has 0 fully saturated rings. The molecule has 130 valence electrons. The minimum Gasteiger partial charge on any atom is -0.378 e. The first kappa shape index (κ1) is 18.5. The van der Waals surface area contributed by atoms with E-state index in [9.17, 15) is 9.59 Å². The minimum absolute atomic E-state index is 0.168. The zero-order valence-corrected chi connectivity index (χ0v) is 14.7. The maximum Gasteiger partial charge on any atom is 0.259 e. The molecule has 2 N–H and O–H groups in total. The van der Waals surface area contributed by atoms with E-state index in [4.69, 9.17) is 11.6 Å². The Morgan fingerprint density at radius 2 is 1.72 bits per heavy atom. The fourth-order valence-corrected chi connectivity index (χ4v) is 2.07. The molecule has 0 aliphatic carbocycles. The van der Waals surface area contributed by atoms with Gasteiger partial charge in [0.1, 0.15) is 0 Å². The summed E-state index contributed by atoms with van der Waals surface area (Å²) in [6.07, 6.45) is 1.54. The second kappa shape index (κ2) is 8.84. The first-order valence-electron chi connectivity index (χ1n) is 7.59. The molecule has 2 aromatic carbocycles. The Kier molecular flexibility index (Phi) is 6.54. The number of rotatable bonds is 6. The van der Waals surface area contributed by atoms with E-state index >= 15 is 0 Å². The third-order valence-electron chi connectivity index (χ3n) is 3.33. The van der Waals surface area contributed by atoms with E-state index in [1.807, 2.05) is 43.3 Å². The smallest absolute Gasteiger partial charge is 0.259 e. The third kappa shape index (κ3) is 5.93. The normalized spacial score (nSPS) is 10.5. The van der Waals surface area contributed by atoms with Gasteiger partial charge in [0.05, 0.1) is 12.8 Å². The van der Waals surface area contributed by atoms with Crippen molar-refractivity contribution in [2.24, 2.45) is 5.10 Å². The van der Waals surface area contributed by atoms with Crippen LogP contribution in [-0.4, -0.2) is 38.7 Å². The van der Waals surface area contributed by atoms with Gasteiger partial charge in [-0.05, 0) is 42.0 Å². The topological polar surface area (TPSA) is 73.8 Å². The molecule has 0 saturated carbocycles.